The zero-order valence-electron chi connectivity index (χ0n) is 16.4. The largest absolute Gasteiger partial charge is 0.477 e. The number of tetrazole rings is 1. The van der Waals surface area contributed by atoms with Crippen LogP contribution in [0.2, 0.25) is 0 Å². The highest BCUT2D eigenvalue weighted by molar-refractivity contribution is 5.94. The molecule has 0 unspecified atom stereocenters. The Balaban J connectivity index is 1.39. The van der Waals surface area contributed by atoms with Crippen molar-refractivity contribution in [3.63, 3.8) is 0 Å². The third-order valence-corrected chi connectivity index (χ3v) is 5.02. The average Bonchev–Trinajstić information content (AvgIpc) is 3.53. The topological polar surface area (TPSA) is 139 Å². The number of carbonyl (C=O) groups is 1. The molecule has 0 atom stereocenters. The molecule has 0 saturated heterocycles. The Hall–Kier alpha value is -4.54. The summed E-state index contributed by atoms with van der Waals surface area (Å²) >= 11 is 0. The molecule has 154 valence electrons. The molecule has 11 nitrogen and oxygen atoms in total. The number of hydrogen-bond donors (Lipinski definition) is 3. The van der Waals surface area contributed by atoms with Gasteiger partial charge >= 0.3 is 5.97 Å². The standard InChI is InChI=1S/C20H17N9O2/c1-12-17(20(30)31)19(23-16-10-21-11-29(12)16)22-9-13-4-6-14(7-5-13)28-8-2-3-15(28)18-24-26-27-25-18/h2-8,10-11H,9H2,1H3,(H,22,23)(H,30,31)(H,24,25,26,27). The van der Waals surface area contributed by atoms with E-state index in [0.29, 0.717) is 29.5 Å². The second-order valence-corrected chi connectivity index (χ2v) is 6.87. The highest BCUT2D eigenvalue weighted by Gasteiger charge is 2.18. The van der Waals surface area contributed by atoms with E-state index in [1.165, 1.54) is 0 Å². The van der Waals surface area contributed by atoms with E-state index in [-0.39, 0.29) is 5.56 Å². The summed E-state index contributed by atoms with van der Waals surface area (Å²) in [4.78, 5) is 20.2. The number of rotatable bonds is 6. The van der Waals surface area contributed by atoms with Crippen LogP contribution in [-0.2, 0) is 6.54 Å². The first-order chi connectivity index (χ1) is 15.1. The summed E-state index contributed by atoms with van der Waals surface area (Å²) in [6, 6.07) is 11.7. The van der Waals surface area contributed by atoms with Crippen molar-refractivity contribution in [3.05, 3.63) is 71.9 Å². The number of aromatic carboxylic acids is 1. The fourth-order valence-corrected chi connectivity index (χ4v) is 3.49. The maximum absolute atomic E-state index is 11.8. The zero-order chi connectivity index (χ0) is 21.4. The van der Waals surface area contributed by atoms with Gasteiger partial charge in [0.2, 0.25) is 5.82 Å². The minimum Gasteiger partial charge on any atom is -0.477 e. The summed E-state index contributed by atoms with van der Waals surface area (Å²) in [7, 11) is 0. The van der Waals surface area contributed by atoms with Crippen LogP contribution < -0.4 is 5.32 Å². The Morgan fingerprint density at radius 3 is 2.81 bits per heavy atom. The SMILES string of the molecule is Cc1c(C(=O)O)c(NCc2ccc(-n3cccc3-c3nn[nH]n3)cc2)nc2cncn12. The van der Waals surface area contributed by atoms with E-state index in [4.69, 9.17) is 0 Å². The molecule has 4 heterocycles. The number of H-pyrrole nitrogens is 1. The van der Waals surface area contributed by atoms with Crippen molar-refractivity contribution >= 4 is 17.4 Å². The summed E-state index contributed by atoms with van der Waals surface area (Å²) < 4.78 is 3.62. The molecule has 31 heavy (non-hydrogen) atoms. The molecule has 4 aromatic heterocycles. The van der Waals surface area contributed by atoms with Crippen LogP contribution in [0.5, 0.6) is 0 Å². The van der Waals surface area contributed by atoms with Gasteiger partial charge in [0, 0.05) is 24.1 Å². The normalized spacial score (nSPS) is 11.1. The van der Waals surface area contributed by atoms with Crippen molar-refractivity contribution in [1.29, 1.82) is 0 Å². The molecule has 3 N–H and O–H groups in total. The predicted molar refractivity (Wildman–Crippen MR) is 111 cm³/mol. The van der Waals surface area contributed by atoms with Crippen LogP contribution in [0.1, 0.15) is 21.6 Å². The molecule has 0 bridgehead atoms. The van der Waals surface area contributed by atoms with Crippen LogP contribution in [0, 0.1) is 6.92 Å². The first-order valence-electron chi connectivity index (χ1n) is 9.42. The minimum absolute atomic E-state index is 0.124. The molecule has 0 saturated carbocycles. The molecule has 0 amide bonds. The van der Waals surface area contributed by atoms with Gasteiger partial charge in [0.15, 0.2) is 5.65 Å². The van der Waals surface area contributed by atoms with Crippen molar-refractivity contribution in [2.24, 2.45) is 0 Å². The monoisotopic (exact) mass is 415 g/mol. The Morgan fingerprint density at radius 2 is 2.06 bits per heavy atom. The molecule has 5 rings (SSSR count). The number of imidazole rings is 1. The van der Waals surface area contributed by atoms with E-state index in [1.54, 1.807) is 23.8 Å². The Morgan fingerprint density at radius 1 is 1.23 bits per heavy atom. The molecule has 0 spiro atoms. The summed E-state index contributed by atoms with van der Waals surface area (Å²) in [6.45, 7) is 2.15. The summed E-state index contributed by atoms with van der Waals surface area (Å²) in [5.41, 5.74) is 4.01. The third-order valence-electron chi connectivity index (χ3n) is 5.02. The van der Waals surface area contributed by atoms with Crippen LogP contribution in [-0.4, -0.2) is 50.6 Å². The number of benzene rings is 1. The highest BCUT2D eigenvalue weighted by atomic mass is 16.4. The van der Waals surface area contributed by atoms with Gasteiger partial charge in [0.1, 0.15) is 17.7 Å². The van der Waals surface area contributed by atoms with Crippen LogP contribution in [0.25, 0.3) is 22.9 Å². The summed E-state index contributed by atoms with van der Waals surface area (Å²) in [5, 5.41) is 26.9. The third kappa shape index (κ3) is 3.27. The molecule has 0 fully saturated rings. The van der Waals surface area contributed by atoms with Crippen molar-refractivity contribution < 1.29 is 9.90 Å². The van der Waals surface area contributed by atoms with Crippen LogP contribution >= 0.6 is 0 Å². The van der Waals surface area contributed by atoms with Crippen LogP contribution in [0.3, 0.4) is 0 Å². The second-order valence-electron chi connectivity index (χ2n) is 6.87. The number of nitrogens with zero attached hydrogens (tertiary/aromatic N) is 7. The van der Waals surface area contributed by atoms with Gasteiger partial charge in [-0.2, -0.15) is 5.21 Å². The lowest BCUT2D eigenvalue weighted by Gasteiger charge is -2.13. The number of fused-ring (bicyclic) bond motifs is 1. The maximum atomic E-state index is 11.8. The maximum Gasteiger partial charge on any atom is 0.341 e. The number of carboxylic acids is 1. The first-order valence-corrected chi connectivity index (χ1v) is 9.42. The predicted octanol–water partition coefficient (Wildman–Crippen LogP) is 2.32. The molecule has 0 aliphatic rings. The molecule has 1 aromatic carbocycles. The summed E-state index contributed by atoms with van der Waals surface area (Å²) in [5.74, 6) is -0.222. The molecule has 11 heteroatoms. The smallest absolute Gasteiger partial charge is 0.341 e. The second kappa shape index (κ2) is 7.37. The Bertz CT molecular complexity index is 1370. The van der Waals surface area contributed by atoms with Crippen LogP contribution in [0.15, 0.2) is 55.1 Å². The molecule has 0 aliphatic carbocycles. The molecular weight excluding hydrogens is 398 g/mol. The molecular formula is C20H17N9O2. The number of aromatic nitrogens is 8. The van der Waals surface area contributed by atoms with Gasteiger partial charge in [0.05, 0.1) is 11.9 Å². The first kappa shape index (κ1) is 18.5. The van der Waals surface area contributed by atoms with E-state index in [2.05, 4.69) is 35.9 Å². The number of aryl methyl sites for hydroxylation is 1. The molecule has 0 radical (unpaired) electrons. The number of hydrogen-bond acceptors (Lipinski definition) is 7. The molecule has 5 aromatic rings. The summed E-state index contributed by atoms with van der Waals surface area (Å²) in [6.07, 6.45) is 5.07. The van der Waals surface area contributed by atoms with E-state index in [1.807, 2.05) is 47.2 Å². The minimum atomic E-state index is -1.04. The van der Waals surface area contributed by atoms with Gasteiger partial charge in [-0.1, -0.05) is 12.1 Å². The zero-order valence-corrected chi connectivity index (χ0v) is 16.4. The van der Waals surface area contributed by atoms with Crippen molar-refractivity contribution in [2.45, 2.75) is 13.5 Å². The van der Waals surface area contributed by atoms with Crippen molar-refractivity contribution in [2.75, 3.05) is 5.32 Å². The van der Waals surface area contributed by atoms with Crippen molar-refractivity contribution in [3.8, 4) is 17.2 Å². The quantitative estimate of drug-likeness (QED) is 0.384. The number of nitrogens with one attached hydrogen (secondary N) is 2. The van der Waals surface area contributed by atoms with Gasteiger partial charge < -0.3 is 15.0 Å². The Kier molecular flexibility index (Phi) is 4.40. The lowest BCUT2D eigenvalue weighted by atomic mass is 10.2. The lowest BCUT2D eigenvalue weighted by molar-refractivity contribution is 0.0696. The number of aromatic amines is 1. The van der Waals surface area contributed by atoms with Gasteiger partial charge in [0.25, 0.3) is 0 Å². The van der Waals surface area contributed by atoms with Crippen LogP contribution in [0.4, 0.5) is 5.82 Å². The van der Waals surface area contributed by atoms with E-state index >= 15 is 0 Å². The Labute approximate surface area is 175 Å². The van der Waals surface area contributed by atoms with E-state index in [0.717, 1.165) is 16.9 Å². The van der Waals surface area contributed by atoms with E-state index < -0.39 is 5.97 Å². The highest BCUT2D eigenvalue weighted by Crippen LogP contribution is 2.22. The van der Waals surface area contributed by atoms with Crippen molar-refractivity contribution in [1.82, 2.24) is 39.6 Å². The van der Waals surface area contributed by atoms with Gasteiger partial charge in [-0.15, -0.1) is 10.2 Å². The van der Waals surface area contributed by atoms with Gasteiger partial charge in [-0.25, -0.2) is 14.8 Å². The van der Waals surface area contributed by atoms with Gasteiger partial charge in [-0.3, -0.25) is 4.40 Å². The average molecular weight is 415 g/mol. The van der Waals surface area contributed by atoms with E-state index in [9.17, 15) is 9.90 Å². The fraction of sp³-hybridized carbons (Fsp3) is 0.100. The number of carboxylic acid groups (broad SMARTS) is 1. The lowest BCUT2D eigenvalue weighted by Crippen LogP contribution is -2.13. The molecule has 0 aliphatic heterocycles. The number of anilines is 1. The fourth-order valence-electron chi connectivity index (χ4n) is 3.49. The van der Waals surface area contributed by atoms with Gasteiger partial charge in [-0.05, 0) is 42.0 Å².